The highest BCUT2D eigenvalue weighted by atomic mass is 31.2. The van der Waals surface area contributed by atoms with E-state index >= 15 is 0 Å². The van der Waals surface area contributed by atoms with E-state index in [0.717, 1.165) is 0 Å². The number of anilines is 2. The fourth-order valence-corrected chi connectivity index (χ4v) is 3.91. The monoisotopic (exact) mass is 310 g/mol. The first-order valence-electron chi connectivity index (χ1n) is 6.78. The van der Waals surface area contributed by atoms with Crippen LogP contribution >= 0.6 is 7.44 Å². The molecule has 0 aliphatic carbocycles. The van der Waals surface area contributed by atoms with Crippen molar-refractivity contribution in [2.45, 2.75) is 0 Å². The fourth-order valence-electron chi connectivity index (χ4n) is 2.02. The van der Waals surface area contributed by atoms with Crippen molar-refractivity contribution in [1.82, 2.24) is 9.97 Å². The van der Waals surface area contributed by atoms with Crippen molar-refractivity contribution in [1.29, 1.82) is 0 Å². The molecule has 0 fully saturated rings. The Balaban J connectivity index is 1.97. The number of hydrogen-bond donors (Lipinski definition) is 2. The molecule has 0 aliphatic heterocycles. The normalized spacial score (nSPS) is 10.9. The predicted octanol–water partition coefficient (Wildman–Crippen LogP) is 3.52. The lowest BCUT2D eigenvalue weighted by Crippen LogP contribution is -2.18. The maximum absolute atomic E-state index is 13.5. The topological polar surface area (TPSA) is 66.9 Å². The summed E-state index contributed by atoms with van der Waals surface area (Å²) in [4.78, 5) is 8.09. The maximum atomic E-state index is 13.5. The Morgan fingerprint density at radius 1 is 0.727 bits per heavy atom. The van der Waals surface area contributed by atoms with Crippen molar-refractivity contribution < 1.29 is 4.57 Å². The number of hydrogen-bond acceptors (Lipinski definition) is 3. The molecule has 2 aromatic heterocycles. The minimum Gasteiger partial charge on any atom is -0.316 e. The van der Waals surface area contributed by atoms with Gasteiger partial charge in [-0.25, -0.2) is 0 Å². The molecule has 6 heteroatoms. The van der Waals surface area contributed by atoms with Gasteiger partial charge in [0.1, 0.15) is 0 Å². The van der Waals surface area contributed by atoms with Crippen molar-refractivity contribution in [2.24, 2.45) is 0 Å². The first-order valence-corrected chi connectivity index (χ1v) is 8.49. The molecule has 110 valence electrons. The van der Waals surface area contributed by atoms with Gasteiger partial charge in [0, 0.05) is 12.4 Å². The second kappa shape index (κ2) is 6.41. The molecular formula is C16H15N4OP. The van der Waals surface area contributed by atoms with Crippen LogP contribution in [0.4, 0.5) is 11.4 Å². The van der Waals surface area contributed by atoms with E-state index in [4.69, 9.17) is 0 Å². The zero-order valence-electron chi connectivity index (χ0n) is 11.8. The second-order valence-electron chi connectivity index (χ2n) is 4.65. The van der Waals surface area contributed by atoms with Crippen LogP contribution in [0.2, 0.25) is 0 Å². The number of pyridine rings is 2. The largest absolute Gasteiger partial charge is 0.316 e. The quantitative estimate of drug-likeness (QED) is 0.706. The summed E-state index contributed by atoms with van der Waals surface area (Å²) >= 11 is 0. The molecule has 5 nitrogen and oxygen atoms in total. The van der Waals surface area contributed by atoms with Gasteiger partial charge in [-0.2, -0.15) is 0 Å². The average Bonchev–Trinajstić information content (AvgIpc) is 2.57. The highest BCUT2D eigenvalue weighted by Gasteiger charge is 2.24. The Bertz CT molecular complexity index is 720. The Kier molecular flexibility index (Phi) is 4.17. The Hall–Kier alpha value is -2.65. The molecule has 3 rings (SSSR count). The van der Waals surface area contributed by atoms with E-state index in [1.54, 1.807) is 36.9 Å². The molecule has 0 spiro atoms. The molecule has 0 saturated heterocycles. The maximum Gasteiger partial charge on any atom is 0.287 e. The Labute approximate surface area is 128 Å². The van der Waals surface area contributed by atoms with Crippen LogP contribution in [0, 0.1) is 0 Å². The van der Waals surface area contributed by atoms with Crippen LogP contribution in [-0.4, -0.2) is 9.97 Å². The lowest BCUT2D eigenvalue weighted by Gasteiger charge is -2.22. The molecule has 0 bridgehead atoms. The molecule has 2 heterocycles. The van der Waals surface area contributed by atoms with Gasteiger partial charge in [-0.1, -0.05) is 18.2 Å². The van der Waals surface area contributed by atoms with E-state index in [2.05, 4.69) is 20.1 Å². The molecule has 0 radical (unpaired) electrons. The number of nitrogens with zero attached hydrogens (tertiary/aromatic N) is 2. The van der Waals surface area contributed by atoms with Crippen LogP contribution in [0.25, 0.3) is 0 Å². The first-order chi connectivity index (χ1) is 10.8. The van der Waals surface area contributed by atoms with E-state index < -0.39 is 7.44 Å². The van der Waals surface area contributed by atoms with Gasteiger partial charge in [0.25, 0.3) is 7.44 Å². The Morgan fingerprint density at radius 2 is 1.27 bits per heavy atom. The van der Waals surface area contributed by atoms with Gasteiger partial charge in [0.15, 0.2) is 0 Å². The smallest absolute Gasteiger partial charge is 0.287 e. The van der Waals surface area contributed by atoms with Gasteiger partial charge < -0.3 is 10.2 Å². The third kappa shape index (κ3) is 3.32. The molecule has 22 heavy (non-hydrogen) atoms. The van der Waals surface area contributed by atoms with E-state index in [0.29, 0.717) is 16.7 Å². The van der Waals surface area contributed by atoms with Crippen LogP contribution in [0.15, 0.2) is 79.4 Å². The summed E-state index contributed by atoms with van der Waals surface area (Å²) < 4.78 is 13.5. The lowest BCUT2D eigenvalue weighted by molar-refractivity contribution is 0.587. The fraction of sp³-hybridized carbons (Fsp3) is 0. The molecule has 1 aromatic carbocycles. The Morgan fingerprint density at radius 3 is 1.73 bits per heavy atom. The molecule has 3 aromatic rings. The number of rotatable bonds is 5. The second-order valence-corrected chi connectivity index (χ2v) is 6.83. The summed E-state index contributed by atoms with van der Waals surface area (Å²) in [6.07, 6.45) is 6.63. The molecule has 0 amide bonds. The highest BCUT2D eigenvalue weighted by Crippen LogP contribution is 2.44. The van der Waals surface area contributed by atoms with Crippen molar-refractivity contribution in [3.63, 3.8) is 0 Å². The van der Waals surface area contributed by atoms with E-state index in [1.165, 1.54) is 0 Å². The summed E-state index contributed by atoms with van der Waals surface area (Å²) in [7, 11) is -3.10. The predicted molar refractivity (Wildman–Crippen MR) is 89.4 cm³/mol. The number of nitrogens with one attached hydrogen (secondary N) is 2. The summed E-state index contributed by atoms with van der Waals surface area (Å²) in [5.41, 5.74) is 1.37. The van der Waals surface area contributed by atoms with E-state index in [1.807, 2.05) is 42.5 Å². The van der Waals surface area contributed by atoms with Crippen molar-refractivity contribution in [3.05, 3.63) is 79.4 Å². The zero-order chi connectivity index (χ0) is 15.3. The molecule has 0 saturated carbocycles. The third-order valence-corrected chi connectivity index (χ3v) is 5.19. The summed E-state index contributed by atoms with van der Waals surface area (Å²) in [5, 5.41) is 6.83. The summed E-state index contributed by atoms with van der Waals surface area (Å²) in [6.45, 7) is 0. The zero-order valence-corrected chi connectivity index (χ0v) is 12.6. The highest BCUT2D eigenvalue weighted by molar-refractivity contribution is 7.74. The van der Waals surface area contributed by atoms with Crippen molar-refractivity contribution >= 4 is 24.1 Å². The van der Waals surface area contributed by atoms with Gasteiger partial charge in [0.05, 0.1) is 29.1 Å². The molecule has 0 aliphatic rings. The molecule has 2 N–H and O–H groups in total. The minimum absolute atomic E-state index is 0.683. The summed E-state index contributed by atoms with van der Waals surface area (Å²) in [5.74, 6) is 0. The minimum atomic E-state index is -3.10. The van der Waals surface area contributed by atoms with Crippen molar-refractivity contribution in [3.8, 4) is 0 Å². The summed E-state index contributed by atoms with van der Waals surface area (Å²) in [6, 6.07) is 16.5. The number of aromatic nitrogens is 2. The van der Waals surface area contributed by atoms with Gasteiger partial charge in [-0.15, -0.1) is 0 Å². The van der Waals surface area contributed by atoms with Crippen LogP contribution in [-0.2, 0) is 4.57 Å². The molecule has 0 atom stereocenters. The van der Waals surface area contributed by atoms with Gasteiger partial charge in [0.2, 0.25) is 0 Å². The molecule has 0 unspecified atom stereocenters. The van der Waals surface area contributed by atoms with Crippen molar-refractivity contribution in [2.75, 3.05) is 10.2 Å². The number of benzene rings is 1. The molecular weight excluding hydrogens is 295 g/mol. The van der Waals surface area contributed by atoms with Crippen LogP contribution in [0.5, 0.6) is 0 Å². The first kappa shape index (κ1) is 14.3. The SMILES string of the molecule is O=P(Nc1cccnc1)(Nc1cccnc1)c1ccccc1. The van der Waals surface area contributed by atoms with Crippen LogP contribution in [0.3, 0.4) is 0 Å². The third-order valence-electron chi connectivity index (χ3n) is 3.02. The van der Waals surface area contributed by atoms with Crippen LogP contribution < -0.4 is 15.5 Å². The van der Waals surface area contributed by atoms with Gasteiger partial charge in [-0.05, 0) is 36.4 Å². The average molecular weight is 310 g/mol. The van der Waals surface area contributed by atoms with E-state index in [-0.39, 0.29) is 0 Å². The van der Waals surface area contributed by atoms with E-state index in [9.17, 15) is 4.57 Å². The lowest BCUT2D eigenvalue weighted by atomic mass is 10.4. The standard InChI is InChI=1S/C16H15N4OP/c21-22(16-8-2-1-3-9-16,19-14-6-4-10-17-12-14)20-15-7-5-11-18-13-15/h1-13H,(H2,19,20,21). The van der Waals surface area contributed by atoms with Gasteiger partial charge in [-0.3, -0.25) is 14.5 Å². The van der Waals surface area contributed by atoms with Crippen LogP contribution in [0.1, 0.15) is 0 Å². The van der Waals surface area contributed by atoms with Gasteiger partial charge >= 0.3 is 0 Å².